The topological polar surface area (TPSA) is 92.8 Å². The van der Waals surface area contributed by atoms with Gasteiger partial charge in [-0.15, -0.1) is 0 Å². The molecule has 7 nitrogen and oxygen atoms in total. The number of nitrogens with one attached hydrogen (secondary N) is 1. The summed E-state index contributed by atoms with van der Waals surface area (Å²) in [6.45, 7) is 6.47. The summed E-state index contributed by atoms with van der Waals surface area (Å²) in [5, 5.41) is 8.80. The van der Waals surface area contributed by atoms with E-state index in [1.165, 1.54) is 0 Å². The molecular weight excluding hydrogens is 423 g/mol. The van der Waals surface area contributed by atoms with E-state index in [0.717, 1.165) is 31.5 Å². The Labute approximate surface area is 185 Å². The van der Waals surface area contributed by atoms with Crippen molar-refractivity contribution < 1.29 is 0 Å². The van der Waals surface area contributed by atoms with Gasteiger partial charge in [-0.1, -0.05) is 49.2 Å². The van der Waals surface area contributed by atoms with Gasteiger partial charge in [0.05, 0.1) is 15.7 Å². The Balaban J connectivity index is 1.74. The standard InChI is InChI=1S/C21H26Cl2N6O/c1-12(13-5-4-6-14(22)16(13)23)17-15-18(27-26-17)25-20(28(3)19(15)30)29-9-7-21(2,11-24)8-10-29/h4-6,12H,7-11,24H2,1-3H3,(H,26,27). The highest BCUT2D eigenvalue weighted by Crippen LogP contribution is 2.36. The van der Waals surface area contributed by atoms with Crippen molar-refractivity contribution >= 4 is 40.2 Å². The number of anilines is 1. The normalized spacial score (nSPS) is 17.5. The fraction of sp³-hybridized carbons (Fsp3) is 0.476. The van der Waals surface area contributed by atoms with Crippen molar-refractivity contribution in [1.29, 1.82) is 0 Å². The maximum atomic E-state index is 13.3. The van der Waals surface area contributed by atoms with E-state index in [1.54, 1.807) is 17.7 Å². The average molecular weight is 449 g/mol. The minimum Gasteiger partial charge on any atom is -0.342 e. The van der Waals surface area contributed by atoms with Gasteiger partial charge in [-0.25, -0.2) is 0 Å². The first-order valence-electron chi connectivity index (χ1n) is 10.1. The number of nitrogens with two attached hydrogens (primary N) is 1. The van der Waals surface area contributed by atoms with Gasteiger partial charge in [-0.3, -0.25) is 14.5 Å². The molecule has 0 saturated carbocycles. The number of aromatic nitrogens is 4. The van der Waals surface area contributed by atoms with Crippen LogP contribution in [0.3, 0.4) is 0 Å². The number of halogens is 2. The Morgan fingerprint density at radius 1 is 1.30 bits per heavy atom. The van der Waals surface area contributed by atoms with Crippen LogP contribution < -0.4 is 16.2 Å². The van der Waals surface area contributed by atoms with Crippen LogP contribution >= 0.6 is 23.2 Å². The number of hydrogen-bond acceptors (Lipinski definition) is 5. The van der Waals surface area contributed by atoms with E-state index in [0.29, 0.717) is 39.3 Å². The zero-order valence-electron chi connectivity index (χ0n) is 17.4. The molecule has 1 aromatic carbocycles. The first-order valence-corrected chi connectivity index (χ1v) is 10.9. The van der Waals surface area contributed by atoms with E-state index in [-0.39, 0.29) is 16.9 Å². The lowest BCUT2D eigenvalue weighted by molar-refractivity contribution is 0.256. The molecule has 1 atom stereocenters. The Bertz CT molecular complexity index is 1150. The summed E-state index contributed by atoms with van der Waals surface area (Å²) >= 11 is 12.6. The molecule has 4 rings (SSSR count). The summed E-state index contributed by atoms with van der Waals surface area (Å²) in [5.74, 6) is 0.444. The summed E-state index contributed by atoms with van der Waals surface area (Å²) in [4.78, 5) is 20.2. The molecule has 3 heterocycles. The number of benzene rings is 1. The predicted molar refractivity (Wildman–Crippen MR) is 122 cm³/mol. The minimum absolute atomic E-state index is 0.129. The largest absolute Gasteiger partial charge is 0.342 e. The molecule has 1 fully saturated rings. The lowest BCUT2D eigenvalue weighted by Gasteiger charge is -2.39. The summed E-state index contributed by atoms with van der Waals surface area (Å²) in [6, 6.07) is 5.49. The minimum atomic E-state index is -0.193. The first-order chi connectivity index (χ1) is 14.3. The lowest BCUT2D eigenvalue weighted by atomic mass is 9.81. The van der Waals surface area contributed by atoms with Crippen molar-refractivity contribution in [1.82, 2.24) is 19.7 Å². The lowest BCUT2D eigenvalue weighted by Crippen LogP contribution is -2.44. The van der Waals surface area contributed by atoms with Crippen molar-refractivity contribution in [3.05, 3.63) is 49.9 Å². The van der Waals surface area contributed by atoms with Crippen molar-refractivity contribution in [3.8, 4) is 0 Å². The maximum Gasteiger partial charge on any atom is 0.266 e. The van der Waals surface area contributed by atoms with Crippen LogP contribution in [0.15, 0.2) is 23.0 Å². The third-order valence-electron chi connectivity index (χ3n) is 6.43. The Hall–Kier alpha value is -2.09. The number of H-pyrrole nitrogens is 1. The molecule has 30 heavy (non-hydrogen) atoms. The molecule has 9 heteroatoms. The van der Waals surface area contributed by atoms with Gasteiger partial charge in [-0.05, 0) is 36.4 Å². The van der Waals surface area contributed by atoms with Crippen LogP contribution in [0.1, 0.15) is 43.9 Å². The van der Waals surface area contributed by atoms with Crippen LogP contribution in [-0.4, -0.2) is 39.4 Å². The van der Waals surface area contributed by atoms with Gasteiger partial charge in [0, 0.05) is 26.1 Å². The summed E-state index contributed by atoms with van der Waals surface area (Å²) in [7, 11) is 1.76. The van der Waals surface area contributed by atoms with E-state index in [2.05, 4.69) is 22.0 Å². The molecule has 0 bridgehead atoms. The van der Waals surface area contributed by atoms with E-state index in [1.807, 2.05) is 19.1 Å². The van der Waals surface area contributed by atoms with Gasteiger partial charge in [0.2, 0.25) is 5.95 Å². The average Bonchev–Trinajstić information content (AvgIpc) is 3.17. The van der Waals surface area contributed by atoms with Gasteiger partial charge >= 0.3 is 0 Å². The smallest absolute Gasteiger partial charge is 0.266 e. The summed E-state index contributed by atoms with van der Waals surface area (Å²) in [5.41, 5.74) is 7.87. The van der Waals surface area contributed by atoms with Crippen LogP contribution in [-0.2, 0) is 7.05 Å². The van der Waals surface area contributed by atoms with Crippen molar-refractivity contribution in [2.75, 3.05) is 24.5 Å². The Kier molecular flexibility index (Phi) is 5.55. The van der Waals surface area contributed by atoms with Gasteiger partial charge < -0.3 is 10.6 Å². The van der Waals surface area contributed by atoms with Crippen LogP contribution in [0.2, 0.25) is 10.0 Å². The molecule has 0 aliphatic carbocycles. The maximum absolute atomic E-state index is 13.3. The molecule has 1 aliphatic heterocycles. The highest BCUT2D eigenvalue weighted by atomic mass is 35.5. The number of rotatable bonds is 4. The van der Waals surface area contributed by atoms with Gasteiger partial charge in [-0.2, -0.15) is 10.1 Å². The van der Waals surface area contributed by atoms with Crippen LogP contribution in [0.25, 0.3) is 11.0 Å². The molecule has 1 aliphatic rings. The number of aromatic amines is 1. The Morgan fingerprint density at radius 2 is 2.00 bits per heavy atom. The van der Waals surface area contributed by atoms with E-state index in [9.17, 15) is 4.79 Å². The number of piperidine rings is 1. The molecular formula is C21H26Cl2N6O. The molecule has 0 spiro atoms. The van der Waals surface area contributed by atoms with E-state index in [4.69, 9.17) is 33.9 Å². The fourth-order valence-corrected chi connectivity index (χ4v) is 4.59. The van der Waals surface area contributed by atoms with Crippen molar-refractivity contribution in [3.63, 3.8) is 0 Å². The second-order valence-corrected chi connectivity index (χ2v) is 9.26. The second kappa shape index (κ2) is 7.87. The molecule has 1 saturated heterocycles. The summed E-state index contributed by atoms with van der Waals surface area (Å²) in [6.07, 6.45) is 1.93. The Morgan fingerprint density at radius 3 is 2.67 bits per heavy atom. The summed E-state index contributed by atoms with van der Waals surface area (Å²) < 4.78 is 1.61. The molecule has 2 aromatic heterocycles. The predicted octanol–water partition coefficient (Wildman–Crippen LogP) is 3.68. The molecule has 3 aromatic rings. The third kappa shape index (κ3) is 3.49. The molecule has 160 valence electrons. The number of nitrogens with zero attached hydrogens (tertiary/aromatic N) is 4. The van der Waals surface area contributed by atoms with E-state index >= 15 is 0 Å². The van der Waals surface area contributed by atoms with Gasteiger partial charge in [0.15, 0.2) is 5.65 Å². The van der Waals surface area contributed by atoms with Crippen LogP contribution in [0.5, 0.6) is 0 Å². The van der Waals surface area contributed by atoms with Gasteiger partial charge in [0.1, 0.15) is 5.39 Å². The molecule has 0 amide bonds. The van der Waals surface area contributed by atoms with Crippen LogP contribution in [0.4, 0.5) is 5.95 Å². The molecule has 0 radical (unpaired) electrons. The van der Waals surface area contributed by atoms with Crippen molar-refractivity contribution in [2.24, 2.45) is 18.2 Å². The van der Waals surface area contributed by atoms with Crippen molar-refractivity contribution in [2.45, 2.75) is 32.6 Å². The quantitative estimate of drug-likeness (QED) is 0.634. The number of hydrogen-bond donors (Lipinski definition) is 2. The van der Waals surface area contributed by atoms with Gasteiger partial charge in [0.25, 0.3) is 5.56 Å². The zero-order valence-corrected chi connectivity index (χ0v) is 18.9. The van der Waals surface area contributed by atoms with Crippen LogP contribution in [0, 0.1) is 5.41 Å². The molecule has 3 N–H and O–H groups in total. The monoisotopic (exact) mass is 448 g/mol. The first kappa shape index (κ1) is 21.2. The highest BCUT2D eigenvalue weighted by molar-refractivity contribution is 6.42. The molecule has 1 unspecified atom stereocenters. The zero-order chi connectivity index (χ0) is 21.6. The SMILES string of the molecule is CC(c1cccc(Cl)c1Cl)c1[nH]nc2nc(N3CCC(C)(CN)CC3)n(C)c(=O)c12. The third-order valence-corrected chi connectivity index (χ3v) is 7.26. The fourth-order valence-electron chi connectivity index (χ4n) is 4.12. The van der Waals surface area contributed by atoms with E-state index < -0.39 is 0 Å². The highest BCUT2D eigenvalue weighted by Gasteiger charge is 2.31. The number of fused-ring (bicyclic) bond motifs is 1. The second-order valence-electron chi connectivity index (χ2n) is 8.48.